The van der Waals surface area contributed by atoms with Crippen molar-refractivity contribution in [1.82, 2.24) is 0 Å². The molecular weight excluding hydrogens is 281 g/mol. The van der Waals surface area contributed by atoms with Crippen molar-refractivity contribution in [2.45, 2.75) is 13.3 Å². The lowest BCUT2D eigenvalue weighted by atomic mass is 10.0. The van der Waals surface area contributed by atoms with E-state index in [0.717, 1.165) is 9.13 Å². The molecule has 0 aromatic heterocycles. The van der Waals surface area contributed by atoms with Crippen LogP contribution in [-0.4, -0.2) is 11.1 Å². The molecule has 3 N–H and O–H groups in total. The highest BCUT2D eigenvalue weighted by molar-refractivity contribution is 14.1. The molecule has 0 fully saturated rings. The first kappa shape index (κ1) is 10.3. The number of anilines is 1. The molecule has 0 bridgehead atoms. The average Bonchev–Trinajstić information content (AvgIpc) is 2.09. The van der Waals surface area contributed by atoms with Crippen LogP contribution >= 0.6 is 22.6 Å². The van der Waals surface area contributed by atoms with Gasteiger partial charge in [0.25, 0.3) is 0 Å². The van der Waals surface area contributed by atoms with Gasteiger partial charge in [-0.05, 0) is 46.7 Å². The normalized spacial score (nSPS) is 10.0. The highest BCUT2D eigenvalue weighted by Gasteiger charge is 2.12. The van der Waals surface area contributed by atoms with Crippen molar-refractivity contribution in [1.29, 1.82) is 0 Å². The van der Waals surface area contributed by atoms with E-state index < -0.39 is 5.97 Å². The quantitative estimate of drug-likeness (QED) is 0.648. The molecule has 0 unspecified atom stereocenters. The SMILES string of the molecule is CCc1c(C(=O)O)ccc(I)c1N. The molecule has 0 amide bonds. The van der Waals surface area contributed by atoms with Crippen LogP contribution in [0.1, 0.15) is 22.8 Å². The molecule has 0 aliphatic heterocycles. The molecule has 0 atom stereocenters. The number of halogens is 1. The Hall–Kier alpha value is -0.780. The van der Waals surface area contributed by atoms with Gasteiger partial charge in [-0.2, -0.15) is 0 Å². The Bertz CT molecular complexity index is 350. The smallest absolute Gasteiger partial charge is 0.336 e. The van der Waals surface area contributed by atoms with Crippen LogP contribution < -0.4 is 5.73 Å². The largest absolute Gasteiger partial charge is 0.478 e. The van der Waals surface area contributed by atoms with Crippen molar-refractivity contribution in [2.75, 3.05) is 5.73 Å². The Morgan fingerprint density at radius 1 is 1.62 bits per heavy atom. The van der Waals surface area contributed by atoms with E-state index in [2.05, 4.69) is 22.6 Å². The summed E-state index contributed by atoms with van der Waals surface area (Å²) in [6, 6.07) is 3.32. The molecule has 0 spiro atoms. The minimum Gasteiger partial charge on any atom is -0.478 e. The van der Waals surface area contributed by atoms with Crippen LogP contribution in [0.4, 0.5) is 5.69 Å². The number of hydrogen-bond acceptors (Lipinski definition) is 2. The van der Waals surface area contributed by atoms with Crippen LogP contribution in [0.3, 0.4) is 0 Å². The van der Waals surface area contributed by atoms with Crippen molar-refractivity contribution in [3.8, 4) is 0 Å². The average molecular weight is 291 g/mol. The van der Waals surface area contributed by atoms with Gasteiger partial charge in [-0.3, -0.25) is 0 Å². The Kier molecular flexibility index (Phi) is 3.13. The molecule has 4 heteroatoms. The zero-order chi connectivity index (χ0) is 10.0. The van der Waals surface area contributed by atoms with Gasteiger partial charge in [0.2, 0.25) is 0 Å². The number of hydrogen-bond donors (Lipinski definition) is 2. The topological polar surface area (TPSA) is 63.3 Å². The molecular formula is C9H10INO2. The van der Waals surface area contributed by atoms with Gasteiger partial charge < -0.3 is 10.8 Å². The van der Waals surface area contributed by atoms with Gasteiger partial charge in [0, 0.05) is 9.26 Å². The Morgan fingerprint density at radius 3 is 2.69 bits per heavy atom. The zero-order valence-corrected chi connectivity index (χ0v) is 9.33. The highest BCUT2D eigenvalue weighted by atomic mass is 127. The summed E-state index contributed by atoms with van der Waals surface area (Å²) in [5, 5.41) is 8.85. The van der Waals surface area contributed by atoms with E-state index in [9.17, 15) is 4.79 Å². The van der Waals surface area contributed by atoms with Crippen molar-refractivity contribution in [3.63, 3.8) is 0 Å². The lowest BCUT2D eigenvalue weighted by Gasteiger charge is -2.08. The summed E-state index contributed by atoms with van der Waals surface area (Å²) in [5.74, 6) is -0.917. The molecule has 70 valence electrons. The van der Waals surface area contributed by atoms with Crippen LogP contribution in [0.15, 0.2) is 12.1 Å². The van der Waals surface area contributed by atoms with Crippen molar-refractivity contribution in [2.24, 2.45) is 0 Å². The van der Waals surface area contributed by atoms with Gasteiger partial charge in [0.05, 0.1) is 5.56 Å². The molecule has 13 heavy (non-hydrogen) atoms. The fraction of sp³-hybridized carbons (Fsp3) is 0.222. The van der Waals surface area contributed by atoms with Gasteiger partial charge in [-0.15, -0.1) is 0 Å². The summed E-state index contributed by atoms with van der Waals surface area (Å²) in [6.45, 7) is 1.90. The summed E-state index contributed by atoms with van der Waals surface area (Å²) in [7, 11) is 0. The standard InChI is InChI=1S/C9H10INO2/c1-2-5-6(9(12)13)3-4-7(10)8(5)11/h3-4H,2,11H2,1H3,(H,12,13). The first-order valence-electron chi connectivity index (χ1n) is 3.88. The van der Waals surface area contributed by atoms with E-state index in [-0.39, 0.29) is 0 Å². The summed E-state index contributed by atoms with van der Waals surface area (Å²) in [5.41, 5.74) is 7.37. The van der Waals surface area contributed by atoms with Gasteiger partial charge >= 0.3 is 5.97 Å². The molecule has 0 aliphatic carbocycles. The molecule has 0 saturated heterocycles. The number of nitrogen functional groups attached to an aromatic ring is 1. The lowest BCUT2D eigenvalue weighted by Crippen LogP contribution is -2.06. The van der Waals surface area contributed by atoms with E-state index in [4.69, 9.17) is 10.8 Å². The number of carboxylic acids is 1. The predicted octanol–water partition coefficient (Wildman–Crippen LogP) is 2.13. The summed E-state index contributed by atoms with van der Waals surface area (Å²) in [6.07, 6.45) is 0.643. The van der Waals surface area contributed by atoms with Crippen molar-refractivity contribution >= 4 is 34.2 Å². The van der Waals surface area contributed by atoms with Crippen LogP contribution in [0.25, 0.3) is 0 Å². The van der Waals surface area contributed by atoms with Crippen LogP contribution in [0.5, 0.6) is 0 Å². The highest BCUT2D eigenvalue weighted by Crippen LogP contribution is 2.23. The fourth-order valence-corrected chi connectivity index (χ4v) is 1.72. The van der Waals surface area contributed by atoms with Crippen LogP contribution in [0.2, 0.25) is 0 Å². The van der Waals surface area contributed by atoms with E-state index in [1.807, 2.05) is 6.92 Å². The lowest BCUT2D eigenvalue weighted by molar-refractivity contribution is 0.0696. The maximum atomic E-state index is 10.8. The summed E-state index contributed by atoms with van der Waals surface area (Å²) < 4.78 is 0.902. The maximum Gasteiger partial charge on any atom is 0.336 e. The van der Waals surface area contributed by atoms with Gasteiger partial charge in [-0.1, -0.05) is 6.92 Å². The third kappa shape index (κ3) is 1.93. The Labute approximate surface area is 90.1 Å². The van der Waals surface area contributed by atoms with Crippen molar-refractivity contribution in [3.05, 3.63) is 26.8 Å². The fourth-order valence-electron chi connectivity index (χ4n) is 1.22. The molecule has 3 nitrogen and oxygen atoms in total. The molecule has 0 heterocycles. The Morgan fingerprint density at radius 2 is 2.23 bits per heavy atom. The molecule has 0 saturated carbocycles. The minimum absolute atomic E-state index is 0.306. The second-order valence-corrected chi connectivity index (χ2v) is 3.81. The number of carbonyl (C=O) groups is 1. The zero-order valence-electron chi connectivity index (χ0n) is 7.17. The van der Waals surface area contributed by atoms with Gasteiger partial charge in [0.15, 0.2) is 0 Å². The van der Waals surface area contributed by atoms with E-state index in [1.54, 1.807) is 12.1 Å². The van der Waals surface area contributed by atoms with Crippen molar-refractivity contribution < 1.29 is 9.90 Å². The first-order chi connectivity index (χ1) is 6.07. The summed E-state index contributed by atoms with van der Waals surface area (Å²) in [4.78, 5) is 10.8. The maximum absolute atomic E-state index is 10.8. The Balaban J connectivity index is 3.38. The number of rotatable bonds is 2. The van der Waals surface area contributed by atoms with Gasteiger partial charge in [0.1, 0.15) is 0 Å². The van der Waals surface area contributed by atoms with E-state index in [0.29, 0.717) is 17.7 Å². The van der Waals surface area contributed by atoms with Crippen LogP contribution in [-0.2, 0) is 6.42 Å². The van der Waals surface area contributed by atoms with Crippen LogP contribution in [0, 0.1) is 3.57 Å². The number of nitrogens with two attached hydrogens (primary N) is 1. The monoisotopic (exact) mass is 291 g/mol. The number of carboxylic acid groups (broad SMARTS) is 1. The second-order valence-electron chi connectivity index (χ2n) is 2.65. The minimum atomic E-state index is -0.917. The molecule has 0 aliphatic rings. The second kappa shape index (κ2) is 3.95. The molecule has 1 rings (SSSR count). The van der Waals surface area contributed by atoms with E-state index >= 15 is 0 Å². The van der Waals surface area contributed by atoms with Gasteiger partial charge in [-0.25, -0.2) is 4.79 Å². The predicted molar refractivity (Wildman–Crippen MR) is 59.9 cm³/mol. The first-order valence-corrected chi connectivity index (χ1v) is 4.96. The molecule has 0 radical (unpaired) electrons. The summed E-state index contributed by atoms with van der Waals surface area (Å²) >= 11 is 2.10. The molecule has 1 aromatic rings. The number of aromatic carboxylic acids is 1. The number of benzene rings is 1. The van der Waals surface area contributed by atoms with E-state index in [1.165, 1.54) is 0 Å². The third-order valence-corrected chi connectivity index (χ3v) is 2.83. The third-order valence-electron chi connectivity index (χ3n) is 1.89. The molecule has 1 aromatic carbocycles.